The highest BCUT2D eigenvalue weighted by molar-refractivity contribution is 5.76. The van der Waals surface area contributed by atoms with Crippen molar-refractivity contribution in [3.8, 4) is 0 Å². The molecule has 118 valence electrons. The van der Waals surface area contributed by atoms with Crippen LogP contribution >= 0.6 is 0 Å². The number of ether oxygens (including phenoxy) is 2. The van der Waals surface area contributed by atoms with Crippen molar-refractivity contribution in [2.75, 3.05) is 33.0 Å². The van der Waals surface area contributed by atoms with Crippen LogP contribution in [-0.4, -0.2) is 60.3 Å². The van der Waals surface area contributed by atoms with Gasteiger partial charge in [-0.25, -0.2) is 0 Å². The van der Waals surface area contributed by atoms with E-state index < -0.39 is 17.4 Å². The summed E-state index contributed by atoms with van der Waals surface area (Å²) >= 11 is 0. The Morgan fingerprint density at radius 1 is 1.10 bits per heavy atom. The largest absolute Gasteiger partial charge is 0.481 e. The number of carbonyl (C=O) groups excluding carboxylic acids is 1. The van der Waals surface area contributed by atoms with E-state index in [1.807, 2.05) is 6.92 Å². The van der Waals surface area contributed by atoms with Crippen molar-refractivity contribution in [2.24, 2.45) is 5.41 Å². The second-order valence-electron chi connectivity index (χ2n) is 4.78. The molecule has 0 saturated carbocycles. The van der Waals surface area contributed by atoms with Crippen LogP contribution in [-0.2, 0) is 19.1 Å². The van der Waals surface area contributed by atoms with Crippen molar-refractivity contribution in [3.05, 3.63) is 0 Å². The molecule has 0 aliphatic carbocycles. The molecule has 0 atom stereocenters. The van der Waals surface area contributed by atoms with Crippen molar-refractivity contribution in [1.29, 1.82) is 0 Å². The van der Waals surface area contributed by atoms with Crippen LogP contribution in [0.3, 0.4) is 0 Å². The van der Waals surface area contributed by atoms with Gasteiger partial charge in [0.15, 0.2) is 0 Å². The van der Waals surface area contributed by atoms with E-state index in [1.54, 1.807) is 0 Å². The summed E-state index contributed by atoms with van der Waals surface area (Å²) in [6, 6.07) is 0. The first-order chi connectivity index (χ1) is 9.49. The zero-order chi connectivity index (χ0) is 15.4. The van der Waals surface area contributed by atoms with Crippen LogP contribution in [0.4, 0.5) is 0 Å². The molecule has 0 fully saturated rings. The van der Waals surface area contributed by atoms with E-state index in [0.717, 1.165) is 12.8 Å². The molecule has 0 aromatic heterocycles. The van der Waals surface area contributed by atoms with Crippen molar-refractivity contribution < 1.29 is 34.4 Å². The first-order valence-electron chi connectivity index (χ1n) is 6.66. The van der Waals surface area contributed by atoms with Crippen molar-refractivity contribution in [1.82, 2.24) is 0 Å². The molecule has 7 nitrogen and oxygen atoms in total. The number of aliphatic carboxylic acids is 1. The highest BCUT2D eigenvalue weighted by Gasteiger charge is 2.31. The SMILES string of the molecule is CCCCOCC(CO)(CO)COC(=O)CCC(=O)O. The Morgan fingerprint density at radius 2 is 1.75 bits per heavy atom. The van der Waals surface area contributed by atoms with E-state index in [9.17, 15) is 19.8 Å². The Bertz CT molecular complexity index is 286. The smallest absolute Gasteiger partial charge is 0.306 e. The van der Waals surface area contributed by atoms with Crippen molar-refractivity contribution in [3.63, 3.8) is 0 Å². The third-order valence-corrected chi connectivity index (χ3v) is 2.80. The van der Waals surface area contributed by atoms with Gasteiger partial charge in [-0.15, -0.1) is 0 Å². The number of carboxylic acids is 1. The molecule has 0 rings (SSSR count). The second kappa shape index (κ2) is 10.6. The lowest BCUT2D eigenvalue weighted by Gasteiger charge is -2.28. The predicted molar refractivity (Wildman–Crippen MR) is 70.2 cm³/mol. The summed E-state index contributed by atoms with van der Waals surface area (Å²) in [4.78, 5) is 21.6. The quantitative estimate of drug-likeness (QED) is 0.347. The first kappa shape index (κ1) is 18.8. The van der Waals surface area contributed by atoms with E-state index in [4.69, 9.17) is 14.6 Å². The van der Waals surface area contributed by atoms with Crippen LogP contribution in [0.2, 0.25) is 0 Å². The molecule has 7 heteroatoms. The van der Waals surface area contributed by atoms with Gasteiger partial charge >= 0.3 is 11.9 Å². The Morgan fingerprint density at radius 3 is 2.25 bits per heavy atom. The van der Waals surface area contributed by atoms with Crippen LogP contribution < -0.4 is 0 Å². The summed E-state index contributed by atoms with van der Waals surface area (Å²) in [5.41, 5.74) is -1.05. The molecule has 0 saturated heterocycles. The molecule has 0 aromatic rings. The van der Waals surface area contributed by atoms with E-state index in [0.29, 0.717) is 6.61 Å². The topological polar surface area (TPSA) is 113 Å². The lowest BCUT2D eigenvalue weighted by atomic mass is 9.92. The number of carbonyl (C=O) groups is 2. The number of unbranched alkanes of at least 4 members (excludes halogenated alkanes) is 1. The monoisotopic (exact) mass is 292 g/mol. The fourth-order valence-electron chi connectivity index (χ4n) is 1.32. The Balaban J connectivity index is 4.16. The maximum absolute atomic E-state index is 11.3. The second-order valence-corrected chi connectivity index (χ2v) is 4.78. The minimum absolute atomic E-state index is 0.0756. The van der Waals surface area contributed by atoms with Crippen LogP contribution in [0, 0.1) is 5.41 Å². The van der Waals surface area contributed by atoms with Gasteiger partial charge in [0.05, 0.1) is 38.1 Å². The van der Waals surface area contributed by atoms with Gasteiger partial charge in [-0.3, -0.25) is 9.59 Å². The molecule has 0 heterocycles. The lowest BCUT2D eigenvalue weighted by molar-refractivity contribution is -0.155. The summed E-state index contributed by atoms with van der Waals surface area (Å²) < 4.78 is 10.2. The van der Waals surface area contributed by atoms with Crippen LogP contribution in [0.5, 0.6) is 0 Å². The molecule has 0 spiro atoms. The molecule has 0 bridgehead atoms. The van der Waals surface area contributed by atoms with Gasteiger partial charge in [0.2, 0.25) is 0 Å². The molecular weight excluding hydrogens is 268 g/mol. The minimum Gasteiger partial charge on any atom is -0.481 e. The summed E-state index contributed by atoms with van der Waals surface area (Å²) in [7, 11) is 0. The van der Waals surface area contributed by atoms with E-state index in [-0.39, 0.29) is 39.3 Å². The van der Waals surface area contributed by atoms with Crippen molar-refractivity contribution >= 4 is 11.9 Å². The van der Waals surface area contributed by atoms with Crippen molar-refractivity contribution in [2.45, 2.75) is 32.6 Å². The molecule has 0 aromatic carbocycles. The van der Waals surface area contributed by atoms with Gasteiger partial charge in [-0.2, -0.15) is 0 Å². The Kier molecular flexibility index (Phi) is 9.96. The average Bonchev–Trinajstić information content (AvgIpc) is 2.45. The molecule has 0 unspecified atom stereocenters. The molecule has 0 radical (unpaired) electrons. The van der Waals surface area contributed by atoms with Crippen LogP contribution in [0.15, 0.2) is 0 Å². The van der Waals surface area contributed by atoms with E-state index in [2.05, 4.69) is 0 Å². The van der Waals surface area contributed by atoms with Gasteiger partial charge in [0.25, 0.3) is 0 Å². The van der Waals surface area contributed by atoms with Gasteiger partial charge in [-0.05, 0) is 6.42 Å². The Labute approximate surface area is 118 Å². The average molecular weight is 292 g/mol. The number of aliphatic hydroxyl groups excluding tert-OH is 2. The van der Waals surface area contributed by atoms with Gasteiger partial charge < -0.3 is 24.8 Å². The molecular formula is C13H24O7. The maximum Gasteiger partial charge on any atom is 0.306 e. The number of esters is 1. The highest BCUT2D eigenvalue weighted by atomic mass is 16.5. The summed E-state index contributed by atoms with van der Waals surface area (Å²) in [6.07, 6.45) is 1.29. The zero-order valence-corrected chi connectivity index (χ0v) is 11.8. The summed E-state index contributed by atoms with van der Waals surface area (Å²) in [6.45, 7) is 1.62. The zero-order valence-electron chi connectivity index (χ0n) is 11.8. The number of rotatable bonds is 12. The molecule has 0 aliphatic rings. The molecule has 20 heavy (non-hydrogen) atoms. The summed E-state index contributed by atoms with van der Waals surface area (Å²) in [5.74, 6) is -1.76. The molecule has 0 aliphatic heterocycles. The third kappa shape index (κ3) is 8.08. The summed E-state index contributed by atoms with van der Waals surface area (Å²) in [5, 5.41) is 27.1. The first-order valence-corrected chi connectivity index (χ1v) is 6.66. The third-order valence-electron chi connectivity index (χ3n) is 2.80. The molecule has 3 N–H and O–H groups in total. The Hall–Kier alpha value is -1.18. The lowest BCUT2D eigenvalue weighted by Crippen LogP contribution is -2.40. The minimum atomic E-state index is -1.08. The van der Waals surface area contributed by atoms with Gasteiger partial charge in [0.1, 0.15) is 6.61 Å². The standard InChI is InChI=1S/C13H24O7/c1-2-3-6-19-9-13(7-14,8-15)10-20-12(18)5-4-11(16)17/h14-15H,2-10H2,1H3,(H,16,17). The van der Waals surface area contributed by atoms with Gasteiger partial charge in [-0.1, -0.05) is 13.3 Å². The maximum atomic E-state index is 11.3. The molecule has 0 amide bonds. The van der Waals surface area contributed by atoms with E-state index in [1.165, 1.54) is 0 Å². The normalized spacial score (nSPS) is 11.3. The predicted octanol–water partition coefficient (Wildman–Crippen LogP) is 0.182. The highest BCUT2D eigenvalue weighted by Crippen LogP contribution is 2.18. The number of aliphatic hydroxyl groups is 2. The van der Waals surface area contributed by atoms with Gasteiger partial charge in [0, 0.05) is 6.61 Å². The fourth-order valence-corrected chi connectivity index (χ4v) is 1.32. The fraction of sp³-hybridized carbons (Fsp3) is 0.846. The number of hydrogen-bond acceptors (Lipinski definition) is 6. The van der Waals surface area contributed by atoms with Crippen LogP contribution in [0.25, 0.3) is 0 Å². The number of carboxylic acid groups (broad SMARTS) is 1. The number of hydrogen-bond donors (Lipinski definition) is 3. The van der Waals surface area contributed by atoms with Crippen LogP contribution in [0.1, 0.15) is 32.6 Å². The van der Waals surface area contributed by atoms with E-state index >= 15 is 0 Å².